The molecule has 0 amide bonds. The Labute approximate surface area is 103 Å². The molecular weight excluding hydrogens is 222 g/mol. The van der Waals surface area contributed by atoms with Crippen LogP contribution >= 0.6 is 0 Å². The normalized spacial score (nSPS) is 20.2. The number of esters is 1. The van der Waals surface area contributed by atoms with Crippen molar-refractivity contribution in [1.82, 2.24) is 5.32 Å². The van der Waals surface area contributed by atoms with Gasteiger partial charge >= 0.3 is 5.97 Å². The topological polar surface area (TPSA) is 56.8 Å². The van der Waals surface area contributed by atoms with Crippen LogP contribution in [-0.4, -0.2) is 52.1 Å². The van der Waals surface area contributed by atoms with E-state index in [0.717, 1.165) is 32.2 Å². The maximum Gasteiger partial charge on any atom is 0.323 e. The molecule has 1 saturated heterocycles. The molecule has 0 aromatic rings. The van der Waals surface area contributed by atoms with Gasteiger partial charge in [-0.25, -0.2) is 0 Å². The van der Waals surface area contributed by atoms with Gasteiger partial charge in [-0.05, 0) is 25.8 Å². The van der Waals surface area contributed by atoms with Crippen LogP contribution in [0.5, 0.6) is 0 Å². The van der Waals surface area contributed by atoms with Crippen molar-refractivity contribution in [2.24, 2.45) is 0 Å². The molecule has 5 nitrogen and oxygen atoms in total. The van der Waals surface area contributed by atoms with Gasteiger partial charge in [0, 0.05) is 20.3 Å². The molecule has 0 saturated carbocycles. The summed E-state index contributed by atoms with van der Waals surface area (Å²) in [6, 6.07) is -0.114. The van der Waals surface area contributed by atoms with Crippen LogP contribution in [0, 0.1) is 0 Å². The molecular formula is C12H23NO4. The summed E-state index contributed by atoms with van der Waals surface area (Å²) in [7, 11) is 1.67. The highest BCUT2D eigenvalue weighted by Gasteiger charge is 2.21. The van der Waals surface area contributed by atoms with Crippen LogP contribution in [0.2, 0.25) is 0 Å². The minimum atomic E-state index is -0.148. The highest BCUT2D eigenvalue weighted by atomic mass is 16.6. The van der Waals surface area contributed by atoms with Gasteiger partial charge in [0.25, 0.3) is 0 Å². The van der Waals surface area contributed by atoms with Crippen LogP contribution in [0.25, 0.3) is 0 Å². The van der Waals surface area contributed by atoms with Crippen LogP contribution in [0.15, 0.2) is 0 Å². The van der Waals surface area contributed by atoms with Crippen molar-refractivity contribution in [2.45, 2.75) is 31.7 Å². The number of carbonyl (C=O) groups excluding carboxylic acids is 1. The predicted octanol–water partition coefficient (Wildman–Crippen LogP) is 0.725. The van der Waals surface area contributed by atoms with E-state index < -0.39 is 0 Å². The number of hydrogen-bond acceptors (Lipinski definition) is 5. The largest absolute Gasteiger partial charge is 0.462 e. The highest BCUT2D eigenvalue weighted by molar-refractivity contribution is 5.75. The summed E-state index contributed by atoms with van der Waals surface area (Å²) in [4.78, 5) is 11.6. The zero-order chi connectivity index (χ0) is 12.3. The highest BCUT2D eigenvalue weighted by Crippen LogP contribution is 2.08. The van der Waals surface area contributed by atoms with E-state index >= 15 is 0 Å². The molecule has 1 rings (SSSR count). The minimum absolute atomic E-state index is 0.114. The molecule has 1 aliphatic heterocycles. The quantitative estimate of drug-likeness (QED) is 0.504. The molecule has 1 fully saturated rings. The average molecular weight is 245 g/mol. The Balaban J connectivity index is 1.92. The molecule has 100 valence electrons. The van der Waals surface area contributed by atoms with E-state index in [0.29, 0.717) is 26.4 Å². The first-order valence-corrected chi connectivity index (χ1v) is 6.31. The Hall–Kier alpha value is -0.650. The van der Waals surface area contributed by atoms with E-state index in [2.05, 4.69) is 5.32 Å². The first kappa shape index (κ1) is 14.4. The van der Waals surface area contributed by atoms with Crippen molar-refractivity contribution in [2.75, 3.05) is 40.1 Å². The molecule has 5 heteroatoms. The number of piperidine rings is 1. The fourth-order valence-corrected chi connectivity index (χ4v) is 1.76. The van der Waals surface area contributed by atoms with E-state index in [1.54, 1.807) is 7.11 Å². The third-order valence-electron chi connectivity index (χ3n) is 2.70. The fourth-order valence-electron chi connectivity index (χ4n) is 1.76. The summed E-state index contributed by atoms with van der Waals surface area (Å²) >= 11 is 0. The summed E-state index contributed by atoms with van der Waals surface area (Å²) in [6.45, 7) is 3.05. The molecule has 0 unspecified atom stereocenters. The van der Waals surface area contributed by atoms with Crippen molar-refractivity contribution in [3.05, 3.63) is 0 Å². The Morgan fingerprint density at radius 3 is 2.82 bits per heavy atom. The van der Waals surface area contributed by atoms with E-state index in [9.17, 15) is 4.79 Å². The van der Waals surface area contributed by atoms with E-state index in [-0.39, 0.29) is 12.0 Å². The maximum absolute atomic E-state index is 11.6. The molecule has 0 spiro atoms. The van der Waals surface area contributed by atoms with Crippen molar-refractivity contribution in [1.29, 1.82) is 0 Å². The number of rotatable bonds is 8. The monoisotopic (exact) mass is 245 g/mol. The average Bonchev–Trinajstić information content (AvgIpc) is 2.38. The number of hydrogen-bond donors (Lipinski definition) is 1. The second kappa shape index (κ2) is 9.39. The molecule has 0 aliphatic carbocycles. The lowest BCUT2D eigenvalue weighted by Crippen LogP contribution is -2.41. The van der Waals surface area contributed by atoms with Gasteiger partial charge in [-0.1, -0.05) is 6.42 Å². The number of carbonyl (C=O) groups is 1. The summed E-state index contributed by atoms with van der Waals surface area (Å²) < 4.78 is 15.3. The molecule has 0 aromatic carbocycles. The maximum atomic E-state index is 11.6. The van der Waals surface area contributed by atoms with Gasteiger partial charge in [0.2, 0.25) is 0 Å². The molecule has 1 atom stereocenters. The second-order valence-electron chi connectivity index (χ2n) is 4.13. The van der Waals surface area contributed by atoms with Crippen LogP contribution < -0.4 is 5.32 Å². The first-order valence-electron chi connectivity index (χ1n) is 6.31. The number of ether oxygens (including phenoxy) is 3. The molecule has 1 N–H and O–H groups in total. The van der Waals surface area contributed by atoms with Gasteiger partial charge in [0.05, 0.1) is 6.61 Å². The lowest BCUT2D eigenvalue weighted by molar-refractivity contribution is -0.148. The third-order valence-corrected chi connectivity index (χ3v) is 2.70. The van der Waals surface area contributed by atoms with Crippen molar-refractivity contribution < 1.29 is 19.0 Å². The zero-order valence-electron chi connectivity index (χ0n) is 10.6. The SMILES string of the molecule is COCCCOCCOC(=O)[C@H]1CCCCN1. The van der Waals surface area contributed by atoms with Gasteiger partial charge < -0.3 is 19.5 Å². The predicted molar refractivity (Wildman–Crippen MR) is 63.9 cm³/mol. The summed E-state index contributed by atoms with van der Waals surface area (Å²) in [5.41, 5.74) is 0. The lowest BCUT2D eigenvalue weighted by Gasteiger charge is -2.21. The van der Waals surface area contributed by atoms with Crippen molar-refractivity contribution in [3.63, 3.8) is 0 Å². The van der Waals surface area contributed by atoms with E-state index in [1.165, 1.54) is 0 Å². The van der Waals surface area contributed by atoms with E-state index in [1.807, 2.05) is 0 Å². The molecule has 17 heavy (non-hydrogen) atoms. The minimum Gasteiger partial charge on any atom is -0.462 e. The second-order valence-corrected chi connectivity index (χ2v) is 4.13. The number of methoxy groups -OCH3 is 1. The first-order chi connectivity index (χ1) is 8.34. The molecule has 1 aliphatic rings. The van der Waals surface area contributed by atoms with Gasteiger partial charge in [-0.3, -0.25) is 4.79 Å². The Morgan fingerprint density at radius 2 is 2.12 bits per heavy atom. The Bertz CT molecular complexity index is 205. The smallest absolute Gasteiger partial charge is 0.323 e. The Kier molecular flexibility index (Phi) is 7.96. The molecule has 0 bridgehead atoms. The summed E-state index contributed by atoms with van der Waals surface area (Å²) in [5.74, 6) is -0.148. The van der Waals surface area contributed by atoms with Gasteiger partial charge in [-0.15, -0.1) is 0 Å². The standard InChI is InChI=1S/C12H23NO4/c1-15-7-4-8-16-9-10-17-12(14)11-5-2-3-6-13-11/h11,13H,2-10H2,1H3/t11-/m1/s1. The van der Waals surface area contributed by atoms with Crippen molar-refractivity contribution >= 4 is 5.97 Å². The molecule has 0 radical (unpaired) electrons. The zero-order valence-corrected chi connectivity index (χ0v) is 10.6. The fraction of sp³-hybridized carbons (Fsp3) is 0.917. The Morgan fingerprint density at radius 1 is 1.24 bits per heavy atom. The third kappa shape index (κ3) is 6.61. The summed E-state index contributed by atoms with van der Waals surface area (Å²) in [5, 5.41) is 3.16. The van der Waals surface area contributed by atoms with Gasteiger partial charge in [0.1, 0.15) is 12.6 Å². The van der Waals surface area contributed by atoms with Crippen LogP contribution in [-0.2, 0) is 19.0 Å². The van der Waals surface area contributed by atoms with Gasteiger partial charge in [0.15, 0.2) is 0 Å². The molecule has 1 heterocycles. The number of nitrogens with one attached hydrogen (secondary N) is 1. The van der Waals surface area contributed by atoms with E-state index in [4.69, 9.17) is 14.2 Å². The summed E-state index contributed by atoms with van der Waals surface area (Å²) in [6.07, 6.45) is 3.99. The lowest BCUT2D eigenvalue weighted by atomic mass is 10.1. The molecule has 0 aromatic heterocycles. The van der Waals surface area contributed by atoms with Crippen LogP contribution in [0.3, 0.4) is 0 Å². The van der Waals surface area contributed by atoms with Crippen molar-refractivity contribution in [3.8, 4) is 0 Å². The van der Waals surface area contributed by atoms with Gasteiger partial charge in [-0.2, -0.15) is 0 Å². The van der Waals surface area contributed by atoms with Crippen LogP contribution in [0.1, 0.15) is 25.7 Å². The van der Waals surface area contributed by atoms with Crippen LogP contribution in [0.4, 0.5) is 0 Å².